The molecule has 138 valence electrons. The Labute approximate surface area is 153 Å². The molecule has 1 N–H and O–H groups in total. The standard InChI is InChI=1S/C20H22FNO3S/c21-16-7-4-8-18(11-16)26(24,25)22-17-9-10-19(22)20(13-17,14-23)12-15-5-2-1-3-6-15/h1-8,11,17,19,23H,9-10,12-14H2/t17-,19+,20-/m0/s1. The average Bonchev–Trinajstić information content (AvgIpc) is 3.19. The third kappa shape index (κ3) is 2.76. The molecule has 0 saturated carbocycles. The SMILES string of the molecule is O=S(=O)(c1cccc(F)c1)N1[C@H]2CC[C@@H]1[C@@](CO)(Cc1ccccc1)C2. The summed E-state index contributed by atoms with van der Waals surface area (Å²) in [7, 11) is -3.79. The Morgan fingerprint density at radius 1 is 1.12 bits per heavy atom. The normalized spacial score (nSPS) is 28.5. The van der Waals surface area contributed by atoms with Crippen LogP contribution < -0.4 is 0 Å². The van der Waals surface area contributed by atoms with Crippen molar-refractivity contribution in [3.8, 4) is 0 Å². The fraction of sp³-hybridized carbons (Fsp3) is 0.400. The van der Waals surface area contributed by atoms with Gasteiger partial charge in [-0.05, 0) is 49.4 Å². The maximum absolute atomic E-state index is 13.6. The second kappa shape index (κ2) is 6.44. The molecular formula is C20H22FNO3S. The van der Waals surface area contributed by atoms with Gasteiger partial charge in [-0.15, -0.1) is 0 Å². The van der Waals surface area contributed by atoms with Crippen LogP contribution in [0.3, 0.4) is 0 Å². The molecule has 2 aromatic rings. The van der Waals surface area contributed by atoms with Crippen LogP contribution in [0.25, 0.3) is 0 Å². The molecular weight excluding hydrogens is 353 g/mol. The topological polar surface area (TPSA) is 57.6 Å². The highest BCUT2D eigenvalue weighted by Crippen LogP contribution is 2.53. The van der Waals surface area contributed by atoms with Gasteiger partial charge in [0.05, 0.1) is 11.5 Å². The predicted octanol–water partition coefficient (Wildman–Crippen LogP) is 2.97. The van der Waals surface area contributed by atoms with Gasteiger partial charge in [-0.1, -0.05) is 36.4 Å². The minimum Gasteiger partial charge on any atom is -0.396 e. The fourth-order valence-corrected chi connectivity index (χ4v) is 6.76. The molecule has 2 fully saturated rings. The lowest BCUT2D eigenvalue weighted by molar-refractivity contribution is 0.0889. The van der Waals surface area contributed by atoms with Crippen molar-refractivity contribution in [3.63, 3.8) is 0 Å². The van der Waals surface area contributed by atoms with Crippen molar-refractivity contribution in [1.82, 2.24) is 4.31 Å². The highest BCUT2D eigenvalue weighted by atomic mass is 32.2. The number of fused-ring (bicyclic) bond motifs is 2. The second-order valence-electron chi connectivity index (χ2n) is 7.43. The molecule has 3 atom stereocenters. The molecule has 2 aliphatic rings. The van der Waals surface area contributed by atoms with Gasteiger partial charge in [-0.3, -0.25) is 0 Å². The Morgan fingerprint density at radius 3 is 2.58 bits per heavy atom. The minimum atomic E-state index is -3.79. The van der Waals surface area contributed by atoms with E-state index >= 15 is 0 Å². The van der Waals surface area contributed by atoms with Crippen LogP contribution in [-0.2, 0) is 16.4 Å². The van der Waals surface area contributed by atoms with Crippen LogP contribution in [0.1, 0.15) is 24.8 Å². The van der Waals surface area contributed by atoms with Gasteiger partial charge in [0.25, 0.3) is 0 Å². The van der Waals surface area contributed by atoms with E-state index in [1.165, 1.54) is 18.2 Å². The Kier molecular flexibility index (Phi) is 4.37. The molecule has 4 rings (SSSR count). The van der Waals surface area contributed by atoms with Crippen molar-refractivity contribution in [3.05, 3.63) is 66.0 Å². The van der Waals surface area contributed by atoms with Crippen LogP contribution in [0.5, 0.6) is 0 Å². The van der Waals surface area contributed by atoms with Gasteiger partial charge in [-0.2, -0.15) is 4.31 Å². The van der Waals surface area contributed by atoms with Crippen LogP contribution in [0.2, 0.25) is 0 Å². The van der Waals surface area contributed by atoms with E-state index in [1.54, 1.807) is 4.31 Å². The van der Waals surface area contributed by atoms with E-state index in [2.05, 4.69) is 0 Å². The third-order valence-corrected chi connectivity index (χ3v) is 7.83. The molecule has 6 heteroatoms. The number of hydrogen-bond acceptors (Lipinski definition) is 3. The van der Waals surface area contributed by atoms with Gasteiger partial charge in [0.15, 0.2) is 0 Å². The van der Waals surface area contributed by atoms with Crippen LogP contribution in [0.4, 0.5) is 4.39 Å². The maximum atomic E-state index is 13.6. The van der Waals surface area contributed by atoms with Crippen LogP contribution in [0.15, 0.2) is 59.5 Å². The lowest BCUT2D eigenvalue weighted by Gasteiger charge is -2.36. The quantitative estimate of drug-likeness (QED) is 0.874. The molecule has 4 nitrogen and oxygen atoms in total. The summed E-state index contributed by atoms with van der Waals surface area (Å²) in [5, 5.41) is 10.2. The van der Waals surface area contributed by atoms with Gasteiger partial charge in [0.1, 0.15) is 5.82 Å². The summed E-state index contributed by atoms with van der Waals surface area (Å²) in [5.41, 5.74) is 0.613. The molecule has 26 heavy (non-hydrogen) atoms. The maximum Gasteiger partial charge on any atom is 0.243 e. The van der Waals surface area contributed by atoms with Crippen molar-refractivity contribution in [2.45, 2.75) is 42.7 Å². The third-order valence-electron chi connectivity index (χ3n) is 5.87. The monoisotopic (exact) mass is 375 g/mol. The summed E-state index contributed by atoms with van der Waals surface area (Å²) < 4.78 is 41.5. The first-order chi connectivity index (χ1) is 12.5. The number of benzene rings is 2. The number of aliphatic hydroxyl groups is 1. The van der Waals surface area contributed by atoms with Crippen LogP contribution >= 0.6 is 0 Å². The summed E-state index contributed by atoms with van der Waals surface area (Å²) in [5.74, 6) is -0.560. The summed E-state index contributed by atoms with van der Waals surface area (Å²) in [6.07, 6.45) is 2.79. The Morgan fingerprint density at radius 2 is 1.88 bits per heavy atom. The summed E-state index contributed by atoms with van der Waals surface area (Å²) in [6, 6.07) is 14.6. The van der Waals surface area contributed by atoms with E-state index in [0.717, 1.165) is 24.5 Å². The van der Waals surface area contributed by atoms with E-state index in [-0.39, 0.29) is 23.6 Å². The molecule has 0 spiro atoms. The van der Waals surface area contributed by atoms with Crippen molar-refractivity contribution >= 4 is 10.0 Å². The second-order valence-corrected chi connectivity index (χ2v) is 9.27. The molecule has 0 aromatic heterocycles. The fourth-order valence-electron chi connectivity index (χ4n) is 4.76. The molecule has 0 unspecified atom stereocenters. The first-order valence-corrected chi connectivity index (χ1v) is 10.3. The Balaban J connectivity index is 1.69. The summed E-state index contributed by atoms with van der Waals surface area (Å²) in [6.45, 7) is -0.0573. The molecule has 2 saturated heterocycles. The number of hydrogen-bond donors (Lipinski definition) is 1. The van der Waals surface area contributed by atoms with Gasteiger partial charge < -0.3 is 5.11 Å². The van der Waals surface area contributed by atoms with Crippen molar-refractivity contribution in [2.24, 2.45) is 5.41 Å². The van der Waals surface area contributed by atoms with E-state index in [9.17, 15) is 17.9 Å². The first-order valence-electron chi connectivity index (χ1n) is 8.90. The average molecular weight is 375 g/mol. The van der Waals surface area contributed by atoms with Gasteiger partial charge in [0, 0.05) is 17.5 Å². The van der Waals surface area contributed by atoms with E-state index in [0.29, 0.717) is 12.8 Å². The molecule has 0 radical (unpaired) electrons. The van der Waals surface area contributed by atoms with Crippen molar-refractivity contribution < 1.29 is 17.9 Å². The number of rotatable bonds is 5. The number of sulfonamides is 1. The predicted molar refractivity (Wildman–Crippen MR) is 96.5 cm³/mol. The highest BCUT2D eigenvalue weighted by Gasteiger charge is 2.59. The zero-order valence-electron chi connectivity index (χ0n) is 14.4. The molecule has 2 bridgehead atoms. The molecule has 0 aliphatic carbocycles. The highest BCUT2D eigenvalue weighted by molar-refractivity contribution is 7.89. The van der Waals surface area contributed by atoms with E-state index < -0.39 is 21.3 Å². The largest absolute Gasteiger partial charge is 0.396 e. The summed E-state index contributed by atoms with van der Waals surface area (Å²) in [4.78, 5) is -0.0112. The minimum absolute atomic E-state index is 0.0112. The van der Waals surface area contributed by atoms with Crippen molar-refractivity contribution in [1.29, 1.82) is 0 Å². The zero-order chi connectivity index (χ0) is 18.4. The van der Waals surface area contributed by atoms with Gasteiger partial charge in [0.2, 0.25) is 10.0 Å². The van der Waals surface area contributed by atoms with Gasteiger partial charge in [-0.25, -0.2) is 12.8 Å². The van der Waals surface area contributed by atoms with Crippen LogP contribution in [0, 0.1) is 11.2 Å². The van der Waals surface area contributed by atoms with E-state index in [4.69, 9.17) is 0 Å². The van der Waals surface area contributed by atoms with Crippen LogP contribution in [-0.4, -0.2) is 36.5 Å². The first kappa shape index (κ1) is 17.6. The number of nitrogens with zero attached hydrogens (tertiary/aromatic N) is 1. The molecule has 2 aromatic carbocycles. The number of aliphatic hydroxyl groups excluding tert-OH is 1. The molecule has 2 aliphatic heterocycles. The lowest BCUT2D eigenvalue weighted by Crippen LogP contribution is -2.43. The van der Waals surface area contributed by atoms with Gasteiger partial charge >= 0.3 is 0 Å². The summed E-state index contributed by atoms with van der Waals surface area (Å²) >= 11 is 0. The molecule has 2 heterocycles. The lowest BCUT2D eigenvalue weighted by atomic mass is 9.70. The number of halogens is 1. The van der Waals surface area contributed by atoms with Crippen molar-refractivity contribution in [2.75, 3.05) is 6.61 Å². The Hall–Kier alpha value is -1.76. The zero-order valence-corrected chi connectivity index (χ0v) is 15.2. The Bertz CT molecular complexity index is 902. The van der Waals surface area contributed by atoms with E-state index in [1.807, 2.05) is 30.3 Å². The smallest absolute Gasteiger partial charge is 0.243 e. The molecule has 0 amide bonds.